The van der Waals surface area contributed by atoms with E-state index in [4.69, 9.17) is 0 Å². The Labute approximate surface area is 115 Å². The highest BCUT2D eigenvalue weighted by molar-refractivity contribution is 4.80. The van der Waals surface area contributed by atoms with Gasteiger partial charge in [-0.1, -0.05) is 27.7 Å². The number of nitrogens with one attached hydrogen (secondary N) is 1. The Balaban J connectivity index is 2.20. The van der Waals surface area contributed by atoms with Gasteiger partial charge in [-0.3, -0.25) is 0 Å². The van der Waals surface area contributed by atoms with Crippen molar-refractivity contribution in [1.29, 1.82) is 0 Å². The van der Waals surface area contributed by atoms with Crippen LogP contribution in [0.5, 0.6) is 0 Å². The summed E-state index contributed by atoms with van der Waals surface area (Å²) >= 11 is 0. The van der Waals surface area contributed by atoms with E-state index in [1.54, 1.807) is 0 Å². The van der Waals surface area contributed by atoms with Gasteiger partial charge in [0.15, 0.2) is 0 Å². The standard InChI is InChI=1S/C16H34N2/c1-13(2)11-18(12-14(3)4)15(5)7-6-10-17-16-8-9-16/h13-17H,6-12H2,1-5H3. The van der Waals surface area contributed by atoms with Gasteiger partial charge in [-0.05, 0) is 51.0 Å². The van der Waals surface area contributed by atoms with E-state index in [-0.39, 0.29) is 0 Å². The summed E-state index contributed by atoms with van der Waals surface area (Å²) in [6.07, 6.45) is 5.47. The highest BCUT2D eigenvalue weighted by Gasteiger charge is 2.20. The zero-order chi connectivity index (χ0) is 13.5. The number of hydrogen-bond acceptors (Lipinski definition) is 2. The van der Waals surface area contributed by atoms with E-state index in [9.17, 15) is 0 Å². The molecule has 1 unspecified atom stereocenters. The van der Waals surface area contributed by atoms with Crippen molar-refractivity contribution in [1.82, 2.24) is 10.2 Å². The molecule has 0 aromatic rings. The summed E-state index contributed by atoms with van der Waals surface area (Å²) in [7, 11) is 0. The summed E-state index contributed by atoms with van der Waals surface area (Å²) in [5.41, 5.74) is 0. The van der Waals surface area contributed by atoms with Gasteiger partial charge in [-0.15, -0.1) is 0 Å². The molecule has 0 heterocycles. The Bertz CT molecular complexity index is 199. The van der Waals surface area contributed by atoms with Crippen LogP contribution in [-0.2, 0) is 0 Å². The number of nitrogens with zero attached hydrogens (tertiary/aromatic N) is 1. The predicted molar refractivity (Wildman–Crippen MR) is 81.0 cm³/mol. The SMILES string of the molecule is CC(C)CN(CC(C)C)C(C)CCCNC1CC1. The van der Waals surface area contributed by atoms with Crippen LogP contribution in [0.1, 0.15) is 60.3 Å². The Kier molecular flexibility index (Phi) is 7.25. The molecule has 1 aliphatic rings. The normalized spacial score (nSPS) is 18.0. The van der Waals surface area contributed by atoms with E-state index in [0.29, 0.717) is 0 Å². The third kappa shape index (κ3) is 7.38. The Morgan fingerprint density at radius 2 is 1.56 bits per heavy atom. The number of hydrogen-bond donors (Lipinski definition) is 1. The molecule has 1 aliphatic carbocycles. The molecule has 1 fully saturated rings. The van der Waals surface area contributed by atoms with Gasteiger partial charge in [0, 0.05) is 25.2 Å². The second-order valence-electron chi connectivity index (χ2n) is 6.96. The maximum absolute atomic E-state index is 3.61. The quantitative estimate of drug-likeness (QED) is 0.600. The Morgan fingerprint density at radius 1 is 1.00 bits per heavy atom. The molecular formula is C16H34N2. The van der Waals surface area contributed by atoms with Crippen LogP contribution >= 0.6 is 0 Å². The predicted octanol–water partition coefficient (Wildman–Crippen LogP) is 3.52. The minimum absolute atomic E-state index is 0.732. The fraction of sp³-hybridized carbons (Fsp3) is 1.00. The van der Waals surface area contributed by atoms with Crippen molar-refractivity contribution in [2.75, 3.05) is 19.6 Å². The molecule has 1 saturated carbocycles. The molecule has 0 aromatic carbocycles. The van der Waals surface area contributed by atoms with Crippen LogP contribution in [0.25, 0.3) is 0 Å². The van der Waals surface area contributed by atoms with Crippen molar-refractivity contribution in [2.24, 2.45) is 11.8 Å². The first kappa shape index (κ1) is 16.0. The minimum Gasteiger partial charge on any atom is -0.314 e. The van der Waals surface area contributed by atoms with Gasteiger partial charge in [-0.2, -0.15) is 0 Å². The van der Waals surface area contributed by atoms with Crippen molar-refractivity contribution in [2.45, 2.75) is 72.4 Å². The van der Waals surface area contributed by atoms with E-state index in [1.807, 2.05) is 0 Å². The Morgan fingerprint density at radius 3 is 2.00 bits per heavy atom. The molecule has 1 atom stereocenters. The van der Waals surface area contributed by atoms with E-state index in [2.05, 4.69) is 44.8 Å². The lowest BCUT2D eigenvalue weighted by Gasteiger charge is -2.32. The molecule has 1 rings (SSSR count). The molecule has 0 saturated heterocycles. The van der Waals surface area contributed by atoms with Gasteiger partial charge in [0.25, 0.3) is 0 Å². The third-order valence-electron chi connectivity index (χ3n) is 3.63. The van der Waals surface area contributed by atoms with Gasteiger partial charge in [0.05, 0.1) is 0 Å². The monoisotopic (exact) mass is 254 g/mol. The summed E-state index contributed by atoms with van der Waals surface area (Å²) in [5.74, 6) is 1.55. The maximum Gasteiger partial charge on any atom is 0.00682 e. The molecule has 0 bridgehead atoms. The van der Waals surface area contributed by atoms with Crippen molar-refractivity contribution in [3.05, 3.63) is 0 Å². The van der Waals surface area contributed by atoms with Crippen LogP contribution in [0.4, 0.5) is 0 Å². The molecule has 0 radical (unpaired) electrons. The maximum atomic E-state index is 3.61. The lowest BCUT2D eigenvalue weighted by molar-refractivity contribution is 0.157. The third-order valence-corrected chi connectivity index (χ3v) is 3.63. The zero-order valence-electron chi connectivity index (χ0n) is 13.2. The molecule has 1 N–H and O–H groups in total. The second-order valence-corrected chi connectivity index (χ2v) is 6.96. The highest BCUT2D eigenvalue weighted by atomic mass is 15.1. The second kappa shape index (κ2) is 8.16. The first-order chi connectivity index (χ1) is 8.49. The summed E-state index contributed by atoms with van der Waals surface area (Å²) in [5, 5.41) is 3.61. The summed E-state index contributed by atoms with van der Waals surface area (Å²) in [6.45, 7) is 15.4. The van der Waals surface area contributed by atoms with Crippen LogP contribution in [-0.4, -0.2) is 36.6 Å². The summed E-state index contributed by atoms with van der Waals surface area (Å²) in [6, 6.07) is 1.60. The lowest BCUT2D eigenvalue weighted by atomic mass is 10.1. The first-order valence-electron chi connectivity index (χ1n) is 7.96. The van der Waals surface area contributed by atoms with Gasteiger partial charge in [-0.25, -0.2) is 0 Å². The smallest absolute Gasteiger partial charge is 0.00682 e. The van der Waals surface area contributed by atoms with E-state index < -0.39 is 0 Å². The van der Waals surface area contributed by atoms with E-state index in [0.717, 1.165) is 23.9 Å². The average molecular weight is 254 g/mol. The molecular weight excluding hydrogens is 220 g/mol. The van der Waals surface area contributed by atoms with Crippen molar-refractivity contribution in [3.8, 4) is 0 Å². The Hall–Kier alpha value is -0.0800. The first-order valence-corrected chi connectivity index (χ1v) is 7.96. The van der Waals surface area contributed by atoms with Crippen LogP contribution in [0, 0.1) is 11.8 Å². The lowest BCUT2D eigenvalue weighted by Crippen LogP contribution is -2.39. The van der Waals surface area contributed by atoms with Gasteiger partial charge >= 0.3 is 0 Å². The van der Waals surface area contributed by atoms with Crippen molar-refractivity contribution in [3.63, 3.8) is 0 Å². The molecule has 0 aromatic heterocycles. The largest absolute Gasteiger partial charge is 0.314 e. The van der Waals surface area contributed by atoms with Crippen LogP contribution < -0.4 is 5.32 Å². The summed E-state index contributed by atoms with van der Waals surface area (Å²) < 4.78 is 0. The fourth-order valence-corrected chi connectivity index (χ4v) is 2.55. The number of rotatable bonds is 10. The minimum atomic E-state index is 0.732. The van der Waals surface area contributed by atoms with Gasteiger partial charge in [0.1, 0.15) is 0 Å². The van der Waals surface area contributed by atoms with E-state index >= 15 is 0 Å². The summed E-state index contributed by atoms with van der Waals surface area (Å²) in [4.78, 5) is 2.69. The van der Waals surface area contributed by atoms with E-state index in [1.165, 1.54) is 45.3 Å². The molecule has 2 heteroatoms. The zero-order valence-corrected chi connectivity index (χ0v) is 13.2. The van der Waals surface area contributed by atoms with Gasteiger partial charge < -0.3 is 10.2 Å². The average Bonchev–Trinajstić information content (AvgIpc) is 3.05. The molecule has 18 heavy (non-hydrogen) atoms. The molecule has 108 valence electrons. The topological polar surface area (TPSA) is 15.3 Å². The molecule has 0 amide bonds. The molecule has 0 spiro atoms. The van der Waals surface area contributed by atoms with Crippen LogP contribution in [0.2, 0.25) is 0 Å². The fourth-order valence-electron chi connectivity index (χ4n) is 2.55. The van der Waals surface area contributed by atoms with Crippen molar-refractivity contribution < 1.29 is 0 Å². The molecule has 0 aliphatic heterocycles. The van der Waals surface area contributed by atoms with Crippen molar-refractivity contribution >= 4 is 0 Å². The highest BCUT2D eigenvalue weighted by Crippen LogP contribution is 2.18. The van der Waals surface area contributed by atoms with Crippen LogP contribution in [0.15, 0.2) is 0 Å². The molecule has 2 nitrogen and oxygen atoms in total. The van der Waals surface area contributed by atoms with Gasteiger partial charge in [0.2, 0.25) is 0 Å². The van der Waals surface area contributed by atoms with Crippen LogP contribution in [0.3, 0.4) is 0 Å².